The number of hydrogen-bond donors (Lipinski definition) is 0. The minimum absolute atomic E-state index is 0.448. The van der Waals surface area contributed by atoms with Gasteiger partial charge in [0.1, 0.15) is 5.15 Å². The van der Waals surface area contributed by atoms with Gasteiger partial charge in [-0.15, -0.1) is 0 Å². The minimum Gasteiger partial charge on any atom is -0.232 e. The van der Waals surface area contributed by atoms with Crippen molar-refractivity contribution >= 4 is 57.4 Å². The van der Waals surface area contributed by atoms with Gasteiger partial charge in [0.05, 0.1) is 14.3 Å². The van der Waals surface area contributed by atoms with Crippen LogP contribution in [0.15, 0.2) is 18.2 Å². The summed E-state index contributed by atoms with van der Waals surface area (Å²) in [5.41, 5.74) is 1.64. The second-order valence-electron chi connectivity index (χ2n) is 3.58. The molecule has 94 valence electrons. The highest BCUT2D eigenvalue weighted by Crippen LogP contribution is 2.30. The van der Waals surface area contributed by atoms with Crippen LogP contribution >= 0.6 is 57.4 Å². The van der Waals surface area contributed by atoms with Crippen LogP contribution < -0.4 is 0 Å². The number of aryl methyl sites for hydroxylation is 1. The summed E-state index contributed by atoms with van der Waals surface area (Å²) in [5.74, 6) is 0.527. The molecule has 1 aromatic carbocycles. The van der Waals surface area contributed by atoms with Crippen LogP contribution in [0.4, 0.5) is 0 Å². The lowest BCUT2D eigenvalue weighted by Gasteiger charge is -2.08. The summed E-state index contributed by atoms with van der Waals surface area (Å²) >= 11 is 20.3. The first-order chi connectivity index (χ1) is 8.52. The number of nitrogens with zero attached hydrogens (tertiary/aromatic N) is 2. The van der Waals surface area contributed by atoms with Crippen LogP contribution in [0.25, 0.3) is 11.4 Å². The number of aromatic nitrogens is 2. The zero-order valence-electron chi connectivity index (χ0n) is 9.35. The Kier molecular flexibility index (Phi) is 4.69. The first kappa shape index (κ1) is 14.3. The molecule has 0 atom stereocenters. The molecule has 0 fully saturated rings. The monoisotopic (exact) mass is 412 g/mol. The zero-order valence-corrected chi connectivity index (χ0v) is 13.8. The molecule has 1 heterocycles. The van der Waals surface area contributed by atoms with Gasteiger partial charge in [-0.3, -0.25) is 0 Å². The molecule has 0 N–H and O–H groups in total. The van der Waals surface area contributed by atoms with Crippen LogP contribution in [0.3, 0.4) is 0 Å². The van der Waals surface area contributed by atoms with E-state index in [0.717, 1.165) is 21.2 Å². The van der Waals surface area contributed by atoms with Crippen molar-refractivity contribution in [1.82, 2.24) is 9.97 Å². The first-order valence-electron chi connectivity index (χ1n) is 5.20. The smallest absolute Gasteiger partial charge is 0.162 e. The number of benzene rings is 1. The van der Waals surface area contributed by atoms with Gasteiger partial charge in [0.2, 0.25) is 0 Å². The fourth-order valence-corrected chi connectivity index (χ4v) is 2.79. The summed E-state index contributed by atoms with van der Waals surface area (Å²) in [6.45, 7) is 2.02. The van der Waals surface area contributed by atoms with Crippen molar-refractivity contribution in [2.45, 2.75) is 13.3 Å². The summed E-state index contributed by atoms with van der Waals surface area (Å²) in [7, 11) is 0. The van der Waals surface area contributed by atoms with Crippen molar-refractivity contribution in [3.63, 3.8) is 0 Å². The molecule has 0 unspecified atom stereocenters. The van der Waals surface area contributed by atoms with E-state index in [4.69, 9.17) is 34.8 Å². The Morgan fingerprint density at radius 2 is 1.89 bits per heavy atom. The maximum atomic E-state index is 6.14. The molecule has 0 amide bonds. The van der Waals surface area contributed by atoms with Crippen LogP contribution in [-0.2, 0) is 6.42 Å². The fraction of sp³-hybridized carbons (Fsp3) is 0.167. The van der Waals surface area contributed by atoms with Gasteiger partial charge in [-0.2, -0.15) is 0 Å². The van der Waals surface area contributed by atoms with Crippen LogP contribution in [0.1, 0.15) is 12.6 Å². The maximum absolute atomic E-state index is 6.14. The molecule has 6 heteroatoms. The molecule has 2 nitrogen and oxygen atoms in total. The largest absolute Gasteiger partial charge is 0.232 e. The zero-order chi connectivity index (χ0) is 13.3. The van der Waals surface area contributed by atoms with Gasteiger partial charge in [0, 0.05) is 10.6 Å². The predicted molar refractivity (Wildman–Crippen MR) is 84.6 cm³/mol. The van der Waals surface area contributed by atoms with Crippen LogP contribution in [0, 0.1) is 3.57 Å². The first-order valence-corrected chi connectivity index (χ1v) is 7.41. The highest BCUT2D eigenvalue weighted by atomic mass is 127. The standard InChI is InChI=1S/C12H8Cl3IN2/c1-2-9-10(16)11(15)18-12(17-9)7-4-3-6(13)5-8(7)14/h3-5H,2H2,1H3. The normalized spacial score (nSPS) is 10.7. The molecule has 0 aliphatic carbocycles. The van der Waals surface area contributed by atoms with Crippen LogP contribution in [0.2, 0.25) is 15.2 Å². The van der Waals surface area contributed by atoms with Gasteiger partial charge in [-0.1, -0.05) is 41.7 Å². The van der Waals surface area contributed by atoms with Crippen molar-refractivity contribution in [2.75, 3.05) is 0 Å². The van der Waals surface area contributed by atoms with E-state index in [0.29, 0.717) is 21.0 Å². The maximum Gasteiger partial charge on any atom is 0.162 e. The second-order valence-corrected chi connectivity index (χ2v) is 5.86. The SMILES string of the molecule is CCc1nc(-c2ccc(Cl)cc2Cl)nc(Cl)c1I. The van der Waals surface area contributed by atoms with E-state index in [9.17, 15) is 0 Å². The van der Waals surface area contributed by atoms with E-state index in [2.05, 4.69) is 32.6 Å². The van der Waals surface area contributed by atoms with E-state index >= 15 is 0 Å². The topological polar surface area (TPSA) is 25.8 Å². The van der Waals surface area contributed by atoms with Crippen molar-refractivity contribution in [3.05, 3.63) is 42.7 Å². The number of rotatable bonds is 2. The fourth-order valence-electron chi connectivity index (χ4n) is 1.49. The minimum atomic E-state index is 0.448. The molecule has 0 spiro atoms. The van der Waals surface area contributed by atoms with Gasteiger partial charge in [-0.05, 0) is 47.2 Å². The van der Waals surface area contributed by atoms with Gasteiger partial charge < -0.3 is 0 Å². The molecule has 0 aliphatic heterocycles. The molecule has 0 saturated heterocycles. The summed E-state index contributed by atoms with van der Waals surface area (Å²) in [5, 5.41) is 1.54. The van der Waals surface area contributed by atoms with Gasteiger partial charge >= 0.3 is 0 Å². The summed E-state index contributed by atoms with van der Waals surface area (Å²) in [6.07, 6.45) is 0.790. The van der Waals surface area contributed by atoms with Crippen LogP contribution in [0.5, 0.6) is 0 Å². The summed E-state index contributed by atoms with van der Waals surface area (Å²) in [4.78, 5) is 8.74. The Labute approximate surface area is 134 Å². The lowest BCUT2D eigenvalue weighted by Crippen LogP contribution is -1.99. The average molecular weight is 413 g/mol. The molecular formula is C12H8Cl3IN2. The van der Waals surface area contributed by atoms with E-state index < -0.39 is 0 Å². The Hall–Kier alpha value is -0.100. The molecule has 2 rings (SSSR count). The summed E-state index contributed by atoms with van der Waals surface area (Å²) < 4.78 is 0.880. The van der Waals surface area contributed by atoms with Gasteiger partial charge in [-0.25, -0.2) is 9.97 Å². The Bertz CT molecular complexity index is 602. The molecule has 1 aromatic heterocycles. The number of hydrogen-bond acceptors (Lipinski definition) is 2. The van der Waals surface area contributed by atoms with E-state index in [1.165, 1.54) is 0 Å². The molecule has 18 heavy (non-hydrogen) atoms. The molecule has 0 bridgehead atoms. The average Bonchev–Trinajstić information content (AvgIpc) is 2.32. The number of halogens is 4. The Morgan fingerprint density at radius 3 is 2.50 bits per heavy atom. The molecule has 2 aromatic rings. The lowest BCUT2D eigenvalue weighted by atomic mass is 10.2. The second kappa shape index (κ2) is 5.90. The predicted octanol–water partition coefficient (Wildman–Crippen LogP) is 5.27. The van der Waals surface area contributed by atoms with E-state index in [-0.39, 0.29) is 0 Å². The third kappa shape index (κ3) is 2.90. The third-order valence-corrected chi connectivity index (χ3v) is 4.66. The van der Waals surface area contributed by atoms with Gasteiger partial charge in [0.15, 0.2) is 5.82 Å². The van der Waals surface area contributed by atoms with E-state index in [1.54, 1.807) is 18.2 Å². The van der Waals surface area contributed by atoms with Crippen molar-refractivity contribution < 1.29 is 0 Å². The highest BCUT2D eigenvalue weighted by Gasteiger charge is 2.13. The van der Waals surface area contributed by atoms with Crippen molar-refractivity contribution in [3.8, 4) is 11.4 Å². The molecule has 0 saturated carbocycles. The lowest BCUT2D eigenvalue weighted by molar-refractivity contribution is 0.989. The highest BCUT2D eigenvalue weighted by molar-refractivity contribution is 14.1. The van der Waals surface area contributed by atoms with E-state index in [1.807, 2.05) is 6.92 Å². The third-order valence-electron chi connectivity index (χ3n) is 2.39. The molecule has 0 radical (unpaired) electrons. The van der Waals surface area contributed by atoms with Crippen molar-refractivity contribution in [1.29, 1.82) is 0 Å². The van der Waals surface area contributed by atoms with Crippen molar-refractivity contribution in [2.24, 2.45) is 0 Å². The Morgan fingerprint density at radius 1 is 1.17 bits per heavy atom. The molecule has 0 aliphatic rings. The van der Waals surface area contributed by atoms with Crippen LogP contribution in [-0.4, -0.2) is 9.97 Å². The van der Waals surface area contributed by atoms with Gasteiger partial charge in [0.25, 0.3) is 0 Å². The quantitative estimate of drug-likeness (QED) is 0.495. The molecular weight excluding hydrogens is 405 g/mol. The summed E-state index contributed by atoms with van der Waals surface area (Å²) in [6, 6.07) is 5.21. The Balaban J connectivity index is 2.60.